The van der Waals surface area contributed by atoms with Gasteiger partial charge < -0.3 is 0 Å². The molecule has 0 saturated heterocycles. The third kappa shape index (κ3) is 4.06. The second kappa shape index (κ2) is 4.19. The number of allylic oxidation sites excluding steroid dienone is 2. The highest BCUT2D eigenvalue weighted by Crippen LogP contribution is 2.15. The van der Waals surface area contributed by atoms with Crippen LogP contribution in [0.2, 0.25) is 0 Å². The largest absolute Gasteiger partial charge is 0.262 e. The van der Waals surface area contributed by atoms with Crippen molar-refractivity contribution in [2.24, 2.45) is 10.4 Å². The highest BCUT2D eigenvalue weighted by molar-refractivity contribution is 5.87. The molecule has 0 aliphatic heterocycles. The van der Waals surface area contributed by atoms with E-state index in [4.69, 9.17) is 0 Å². The molecule has 0 fully saturated rings. The van der Waals surface area contributed by atoms with Crippen molar-refractivity contribution >= 4 is 5.71 Å². The molecule has 0 heterocycles. The van der Waals surface area contributed by atoms with Gasteiger partial charge in [-0.05, 0) is 18.4 Å². The summed E-state index contributed by atoms with van der Waals surface area (Å²) in [7, 11) is 0. The first kappa shape index (κ1) is 11.1. The van der Waals surface area contributed by atoms with Crippen molar-refractivity contribution in [1.82, 2.24) is 0 Å². The van der Waals surface area contributed by atoms with E-state index < -0.39 is 5.83 Å². The maximum absolute atomic E-state index is 12.5. The van der Waals surface area contributed by atoms with Gasteiger partial charge in [0, 0.05) is 5.71 Å². The van der Waals surface area contributed by atoms with Crippen LogP contribution in [0, 0.1) is 5.41 Å². The summed E-state index contributed by atoms with van der Waals surface area (Å²) < 4.78 is 12.5. The molecular formula is C10H16FN. The van der Waals surface area contributed by atoms with Crippen LogP contribution in [-0.2, 0) is 0 Å². The normalized spacial score (nSPS) is 14.8. The standard InChI is InChI=1S/C10H16FN/c1-6-9(11)7-12-8(2)10(3,4)5/h6-7H,1H2,2-5H3/b9-7+,12-8?. The molecule has 0 N–H and O–H groups in total. The summed E-state index contributed by atoms with van der Waals surface area (Å²) in [5.74, 6) is -0.404. The molecular weight excluding hydrogens is 153 g/mol. The molecule has 0 spiro atoms. The topological polar surface area (TPSA) is 12.4 Å². The van der Waals surface area contributed by atoms with Gasteiger partial charge in [0.1, 0.15) is 5.83 Å². The Kier molecular flexibility index (Phi) is 3.87. The van der Waals surface area contributed by atoms with E-state index in [0.717, 1.165) is 11.8 Å². The summed E-state index contributed by atoms with van der Waals surface area (Å²) in [5, 5.41) is 0. The zero-order valence-corrected chi connectivity index (χ0v) is 8.19. The average molecular weight is 169 g/mol. The quantitative estimate of drug-likeness (QED) is 0.443. The molecule has 0 aliphatic rings. The Hall–Kier alpha value is -0.920. The van der Waals surface area contributed by atoms with Crippen molar-refractivity contribution in [3.05, 3.63) is 24.7 Å². The van der Waals surface area contributed by atoms with Gasteiger partial charge in [-0.2, -0.15) is 0 Å². The van der Waals surface area contributed by atoms with E-state index in [0.29, 0.717) is 0 Å². The summed E-state index contributed by atoms with van der Waals surface area (Å²) in [6, 6.07) is 0. The lowest BCUT2D eigenvalue weighted by molar-refractivity contribution is 0.587. The molecule has 0 bridgehead atoms. The predicted molar refractivity (Wildman–Crippen MR) is 52.0 cm³/mol. The number of nitrogens with zero attached hydrogens (tertiary/aromatic N) is 1. The van der Waals surface area contributed by atoms with Crippen LogP contribution < -0.4 is 0 Å². The molecule has 0 rings (SSSR count). The van der Waals surface area contributed by atoms with Crippen LogP contribution in [0.4, 0.5) is 4.39 Å². The van der Waals surface area contributed by atoms with Gasteiger partial charge in [-0.25, -0.2) is 4.39 Å². The highest BCUT2D eigenvalue weighted by atomic mass is 19.1. The fourth-order valence-electron chi connectivity index (χ4n) is 0.405. The molecule has 0 amide bonds. The van der Waals surface area contributed by atoms with Crippen LogP contribution in [0.25, 0.3) is 0 Å². The summed E-state index contributed by atoms with van der Waals surface area (Å²) in [5.41, 5.74) is 0.900. The van der Waals surface area contributed by atoms with E-state index in [1.165, 1.54) is 6.20 Å². The molecule has 0 atom stereocenters. The highest BCUT2D eigenvalue weighted by Gasteiger charge is 2.12. The Balaban J connectivity index is 4.49. The zero-order valence-electron chi connectivity index (χ0n) is 8.19. The molecule has 2 heteroatoms. The van der Waals surface area contributed by atoms with Gasteiger partial charge in [0.15, 0.2) is 0 Å². The molecule has 0 aromatic carbocycles. The average Bonchev–Trinajstić information content (AvgIpc) is 1.97. The number of rotatable bonds is 2. The maximum Gasteiger partial charge on any atom is 0.140 e. The first-order chi connectivity index (χ1) is 5.38. The van der Waals surface area contributed by atoms with Crippen molar-refractivity contribution in [3.8, 4) is 0 Å². The van der Waals surface area contributed by atoms with Crippen LogP contribution >= 0.6 is 0 Å². The minimum atomic E-state index is -0.404. The van der Waals surface area contributed by atoms with E-state index in [1.54, 1.807) is 0 Å². The Labute approximate surface area is 73.7 Å². The molecule has 0 radical (unpaired) electrons. The van der Waals surface area contributed by atoms with Crippen molar-refractivity contribution in [2.45, 2.75) is 27.7 Å². The maximum atomic E-state index is 12.5. The number of aliphatic imine (C=N–C) groups is 1. The smallest absolute Gasteiger partial charge is 0.140 e. The van der Waals surface area contributed by atoms with E-state index in [9.17, 15) is 4.39 Å². The molecule has 0 aromatic heterocycles. The minimum absolute atomic E-state index is 0.00203. The van der Waals surface area contributed by atoms with Gasteiger partial charge in [0.05, 0.1) is 6.20 Å². The van der Waals surface area contributed by atoms with E-state index >= 15 is 0 Å². The summed E-state index contributed by atoms with van der Waals surface area (Å²) in [6.07, 6.45) is 2.33. The number of hydrogen-bond acceptors (Lipinski definition) is 1. The van der Waals surface area contributed by atoms with Gasteiger partial charge in [-0.1, -0.05) is 27.4 Å². The van der Waals surface area contributed by atoms with Gasteiger partial charge in [0.25, 0.3) is 0 Å². The lowest BCUT2D eigenvalue weighted by Gasteiger charge is -2.16. The third-order valence-corrected chi connectivity index (χ3v) is 1.66. The van der Waals surface area contributed by atoms with E-state index in [1.807, 2.05) is 27.7 Å². The Morgan fingerprint density at radius 3 is 2.25 bits per heavy atom. The third-order valence-electron chi connectivity index (χ3n) is 1.66. The van der Waals surface area contributed by atoms with Crippen molar-refractivity contribution in [1.29, 1.82) is 0 Å². The van der Waals surface area contributed by atoms with Gasteiger partial charge in [0.2, 0.25) is 0 Å². The molecule has 68 valence electrons. The van der Waals surface area contributed by atoms with Crippen LogP contribution in [0.5, 0.6) is 0 Å². The van der Waals surface area contributed by atoms with Gasteiger partial charge in [-0.3, -0.25) is 4.99 Å². The van der Waals surface area contributed by atoms with Crippen molar-refractivity contribution in [3.63, 3.8) is 0 Å². The van der Waals surface area contributed by atoms with Crippen LogP contribution in [0.1, 0.15) is 27.7 Å². The first-order valence-corrected chi connectivity index (χ1v) is 3.91. The van der Waals surface area contributed by atoms with Crippen molar-refractivity contribution < 1.29 is 4.39 Å². The lowest BCUT2D eigenvalue weighted by Crippen LogP contribution is -2.16. The fourth-order valence-corrected chi connectivity index (χ4v) is 0.405. The molecule has 0 unspecified atom stereocenters. The molecule has 12 heavy (non-hydrogen) atoms. The Bertz CT molecular complexity index is 218. The van der Waals surface area contributed by atoms with Gasteiger partial charge >= 0.3 is 0 Å². The van der Waals surface area contributed by atoms with Crippen LogP contribution in [0.15, 0.2) is 29.7 Å². The molecule has 0 aliphatic carbocycles. The second-order valence-electron chi connectivity index (χ2n) is 3.68. The number of halogens is 1. The van der Waals surface area contributed by atoms with Crippen molar-refractivity contribution in [2.75, 3.05) is 0 Å². The molecule has 1 nitrogen and oxygen atoms in total. The zero-order chi connectivity index (χ0) is 9.78. The van der Waals surface area contributed by atoms with Crippen LogP contribution in [-0.4, -0.2) is 5.71 Å². The first-order valence-electron chi connectivity index (χ1n) is 3.91. The predicted octanol–water partition coefficient (Wildman–Crippen LogP) is 3.49. The Morgan fingerprint density at radius 2 is 1.92 bits per heavy atom. The van der Waals surface area contributed by atoms with E-state index in [2.05, 4.69) is 11.6 Å². The lowest BCUT2D eigenvalue weighted by atomic mass is 9.91. The monoisotopic (exact) mass is 169 g/mol. The number of hydrogen-bond donors (Lipinski definition) is 0. The Morgan fingerprint density at radius 1 is 1.42 bits per heavy atom. The van der Waals surface area contributed by atoms with Gasteiger partial charge in [-0.15, -0.1) is 0 Å². The minimum Gasteiger partial charge on any atom is -0.262 e. The summed E-state index contributed by atoms with van der Waals surface area (Å²) in [4.78, 5) is 3.97. The SMILES string of the molecule is C=C/C(F)=C\N=C(C)C(C)(C)C. The molecule has 0 saturated carbocycles. The van der Waals surface area contributed by atoms with E-state index in [-0.39, 0.29) is 5.41 Å². The second-order valence-corrected chi connectivity index (χ2v) is 3.68. The fraction of sp³-hybridized carbons (Fsp3) is 0.500. The summed E-state index contributed by atoms with van der Waals surface area (Å²) >= 11 is 0. The van der Waals surface area contributed by atoms with Crippen LogP contribution in [0.3, 0.4) is 0 Å². The molecule has 0 aromatic rings. The summed E-state index contributed by atoms with van der Waals surface area (Å²) in [6.45, 7) is 11.3.